The van der Waals surface area contributed by atoms with E-state index in [2.05, 4.69) is 30.9 Å². The predicted molar refractivity (Wildman–Crippen MR) is 134 cm³/mol. The molecule has 190 valence electrons. The highest BCUT2D eigenvalue weighted by Crippen LogP contribution is 2.42. The zero-order chi connectivity index (χ0) is 25.5. The van der Waals surface area contributed by atoms with Crippen LogP contribution in [0.4, 0.5) is 20.7 Å². The summed E-state index contributed by atoms with van der Waals surface area (Å²) in [5, 5.41) is 16.5. The summed E-state index contributed by atoms with van der Waals surface area (Å²) in [5.74, 6) is 1.40. The Balaban J connectivity index is 1.36. The Kier molecular flexibility index (Phi) is 7.79. The summed E-state index contributed by atoms with van der Waals surface area (Å²) < 4.78 is 29.5. The first-order valence-corrected chi connectivity index (χ1v) is 11.4. The van der Waals surface area contributed by atoms with Gasteiger partial charge in [0.2, 0.25) is 5.91 Å². The topological polar surface area (TPSA) is 130 Å². The van der Waals surface area contributed by atoms with Crippen molar-refractivity contribution in [2.24, 2.45) is 0 Å². The number of amides is 2. The fourth-order valence-electron chi connectivity index (χ4n) is 3.83. The van der Waals surface area contributed by atoms with E-state index >= 15 is 0 Å². The van der Waals surface area contributed by atoms with Crippen LogP contribution in [0.3, 0.4) is 0 Å². The molecule has 2 aliphatic rings. The lowest BCUT2D eigenvalue weighted by molar-refractivity contribution is -0.121. The summed E-state index contributed by atoms with van der Waals surface area (Å²) in [5.41, 5.74) is 2.42. The maximum absolute atomic E-state index is 13.6. The van der Waals surface area contributed by atoms with Gasteiger partial charge in [-0.3, -0.25) is 15.0 Å². The normalized spacial score (nSPS) is 10.9. The van der Waals surface area contributed by atoms with Crippen LogP contribution < -0.4 is 25.4 Å². The van der Waals surface area contributed by atoms with Gasteiger partial charge < -0.3 is 30.2 Å². The summed E-state index contributed by atoms with van der Waals surface area (Å²) in [6.45, 7) is 0.933. The molecule has 2 amide bonds. The number of aromatic nitrogens is 2. The molecule has 2 aromatic rings. The average molecular weight is 498 g/mol. The molecule has 0 fully saturated rings. The van der Waals surface area contributed by atoms with Crippen LogP contribution in [0.25, 0.3) is 22.0 Å². The Labute approximate surface area is 206 Å². The van der Waals surface area contributed by atoms with Gasteiger partial charge in [-0.2, -0.15) is 0 Å². The Morgan fingerprint density at radius 1 is 1.00 bits per heavy atom. The van der Waals surface area contributed by atoms with Gasteiger partial charge in [0.1, 0.15) is 11.6 Å². The van der Waals surface area contributed by atoms with Gasteiger partial charge in [-0.15, -0.1) is 0 Å². The van der Waals surface area contributed by atoms with E-state index in [9.17, 15) is 14.0 Å². The number of H-pyrrole nitrogens is 2. The largest absolute Gasteiger partial charge is 0.493 e. The van der Waals surface area contributed by atoms with Crippen LogP contribution in [0, 0.1) is 5.82 Å². The number of anilines is 2. The molecule has 4 rings (SSSR count). The highest BCUT2D eigenvalue weighted by Gasteiger charge is 2.20. The van der Waals surface area contributed by atoms with Crippen molar-refractivity contribution in [1.29, 1.82) is 0 Å². The number of hydrogen-bond acceptors (Lipinski definition) is 6. The summed E-state index contributed by atoms with van der Waals surface area (Å²) in [6.07, 6.45) is 0.255. The number of nitrogens with one attached hydrogen (secondary N) is 5. The minimum atomic E-state index is -0.539. The monoisotopic (exact) mass is 497 g/mol. The first-order chi connectivity index (χ1) is 17.5. The third-order valence-corrected chi connectivity index (χ3v) is 5.56. The van der Waals surface area contributed by atoms with E-state index in [1.54, 1.807) is 19.2 Å². The number of methoxy groups -OCH3 is 2. The first-order valence-electron chi connectivity index (χ1n) is 11.4. The number of aromatic amines is 2. The number of benzene rings is 2. The lowest BCUT2D eigenvalue weighted by atomic mass is 10.2. The van der Waals surface area contributed by atoms with E-state index in [-0.39, 0.29) is 24.7 Å². The van der Waals surface area contributed by atoms with E-state index in [0.29, 0.717) is 42.6 Å². The molecule has 36 heavy (non-hydrogen) atoms. The Morgan fingerprint density at radius 3 is 2.61 bits per heavy atom. The van der Waals surface area contributed by atoms with Gasteiger partial charge in [0.05, 0.1) is 26.5 Å². The van der Waals surface area contributed by atoms with E-state index in [4.69, 9.17) is 9.47 Å². The van der Waals surface area contributed by atoms with Crippen molar-refractivity contribution >= 4 is 34.3 Å². The second-order valence-electron chi connectivity index (χ2n) is 8.00. The van der Waals surface area contributed by atoms with Crippen LogP contribution >= 0.6 is 0 Å². The van der Waals surface area contributed by atoms with Gasteiger partial charge in [-0.25, -0.2) is 9.18 Å². The maximum atomic E-state index is 13.6. The van der Waals surface area contributed by atoms with Crippen LogP contribution in [0.15, 0.2) is 42.5 Å². The van der Waals surface area contributed by atoms with Crippen LogP contribution in [-0.2, 0) is 9.53 Å². The number of alkyl carbamates (subject to hydrolysis) is 1. The Hall–Kier alpha value is -4.41. The average Bonchev–Trinajstić information content (AvgIpc) is 3.42. The maximum Gasteiger partial charge on any atom is 0.406 e. The third-order valence-electron chi connectivity index (χ3n) is 5.56. The smallest absolute Gasteiger partial charge is 0.406 e. The number of rotatable bonds is 11. The molecule has 0 radical (unpaired) electrons. The number of fused-ring (bicyclic) bond motifs is 3. The van der Waals surface area contributed by atoms with Gasteiger partial charge in [0, 0.05) is 36.1 Å². The number of halogens is 1. The summed E-state index contributed by atoms with van der Waals surface area (Å²) in [6, 6.07) is 12.0. The van der Waals surface area contributed by atoms with Crippen molar-refractivity contribution in [2.75, 3.05) is 39.2 Å². The molecule has 1 aliphatic heterocycles. The van der Waals surface area contributed by atoms with Crippen molar-refractivity contribution in [3.05, 3.63) is 48.3 Å². The van der Waals surface area contributed by atoms with Crippen molar-refractivity contribution in [2.45, 2.75) is 12.8 Å². The second kappa shape index (κ2) is 11.3. The lowest BCUT2D eigenvalue weighted by Gasteiger charge is -2.11. The number of hydrogen-bond donors (Lipinski definition) is 5. The van der Waals surface area contributed by atoms with Gasteiger partial charge >= 0.3 is 6.09 Å². The minimum Gasteiger partial charge on any atom is -0.493 e. The quantitative estimate of drug-likeness (QED) is 0.198. The number of ether oxygens (including phenoxy) is 3. The summed E-state index contributed by atoms with van der Waals surface area (Å²) >= 11 is 0. The fraction of sp³-hybridized carbons (Fsp3) is 0.280. The third kappa shape index (κ3) is 5.80. The van der Waals surface area contributed by atoms with Gasteiger partial charge in [0.15, 0.2) is 11.5 Å². The molecule has 5 N–H and O–H groups in total. The van der Waals surface area contributed by atoms with E-state index < -0.39 is 6.09 Å². The van der Waals surface area contributed by atoms with Crippen molar-refractivity contribution in [3.63, 3.8) is 0 Å². The summed E-state index contributed by atoms with van der Waals surface area (Å²) in [4.78, 5) is 22.9. The summed E-state index contributed by atoms with van der Waals surface area (Å²) in [7, 11) is 2.85. The van der Waals surface area contributed by atoms with Crippen molar-refractivity contribution in [3.8, 4) is 22.8 Å². The SMILES string of the molecule is COC(=O)NCCNC(=O)CCCOc1cc2cc3c(Nc4cccc(F)c4)[nH][nH]c-3c2cc1OC. The molecular weight excluding hydrogens is 469 g/mol. The lowest BCUT2D eigenvalue weighted by Crippen LogP contribution is -2.34. The molecule has 0 saturated heterocycles. The fourth-order valence-corrected chi connectivity index (χ4v) is 3.83. The molecule has 0 atom stereocenters. The van der Waals surface area contributed by atoms with Crippen LogP contribution in [-0.4, -0.2) is 56.1 Å². The zero-order valence-electron chi connectivity index (χ0n) is 20.0. The Bertz CT molecular complexity index is 1320. The van der Waals surface area contributed by atoms with Gasteiger partial charge in [-0.1, -0.05) is 6.07 Å². The molecule has 0 bridgehead atoms. The van der Waals surface area contributed by atoms with E-state index in [0.717, 1.165) is 22.0 Å². The number of carbonyl (C=O) groups excluding carboxylic acids is 2. The molecule has 0 unspecified atom stereocenters. The molecule has 0 aromatic heterocycles. The molecule has 1 aliphatic carbocycles. The highest BCUT2D eigenvalue weighted by atomic mass is 19.1. The van der Waals surface area contributed by atoms with Gasteiger partial charge in [0.25, 0.3) is 0 Å². The molecule has 1 heterocycles. The molecule has 0 saturated carbocycles. The Morgan fingerprint density at radius 2 is 1.83 bits per heavy atom. The van der Waals surface area contributed by atoms with Crippen molar-refractivity contribution in [1.82, 2.24) is 20.8 Å². The zero-order valence-corrected chi connectivity index (χ0v) is 20.0. The van der Waals surface area contributed by atoms with Crippen LogP contribution in [0.5, 0.6) is 11.5 Å². The van der Waals surface area contributed by atoms with Crippen LogP contribution in [0.1, 0.15) is 12.8 Å². The van der Waals surface area contributed by atoms with Gasteiger partial charge in [-0.05, 0) is 48.2 Å². The van der Waals surface area contributed by atoms with E-state index in [1.807, 2.05) is 18.2 Å². The minimum absolute atomic E-state index is 0.132. The molecule has 11 heteroatoms. The molecule has 0 spiro atoms. The number of carbonyl (C=O) groups is 2. The second-order valence-corrected chi connectivity index (χ2v) is 8.00. The predicted octanol–water partition coefficient (Wildman–Crippen LogP) is 4.12. The van der Waals surface area contributed by atoms with Crippen molar-refractivity contribution < 1.29 is 28.2 Å². The van der Waals surface area contributed by atoms with E-state index in [1.165, 1.54) is 19.2 Å². The highest BCUT2D eigenvalue weighted by molar-refractivity contribution is 6.05. The standard InChI is InChI=1S/C25H28FN5O5/c1-34-20-14-18-15(11-19-23(18)30-31-24(19)29-17-6-3-5-16(26)13-17)12-21(20)36-10-4-7-22(32)27-8-9-28-25(33)35-2/h3,5-6,11-14,29-31H,4,7-10H2,1-2H3,(H,27,32)(H,28,33). The van der Waals surface area contributed by atoms with Crippen LogP contribution in [0.2, 0.25) is 0 Å². The molecular formula is C25H28FN5O5. The molecule has 2 aromatic carbocycles. The first kappa shape index (κ1) is 24.7. The molecule has 10 nitrogen and oxygen atoms in total.